The van der Waals surface area contributed by atoms with Crippen molar-refractivity contribution in [1.29, 1.82) is 0 Å². The van der Waals surface area contributed by atoms with Crippen molar-refractivity contribution in [3.63, 3.8) is 0 Å². The molecule has 5 heteroatoms. The second-order valence-corrected chi connectivity index (χ2v) is 4.10. The minimum Gasteiger partial charge on any atom is -0.478 e. The molecule has 0 spiro atoms. The lowest BCUT2D eigenvalue weighted by molar-refractivity contribution is 0.0699. The molecule has 0 amide bonds. The van der Waals surface area contributed by atoms with Gasteiger partial charge in [0.05, 0.1) is 11.7 Å². The second kappa shape index (κ2) is 5.01. The molecule has 3 N–H and O–H groups in total. The van der Waals surface area contributed by atoms with Crippen molar-refractivity contribution in [2.75, 3.05) is 11.9 Å². The number of carbonyl (C=O) groups is 1. The standard InChI is InChI=1S/C13H14N2O3/c1-8(16)7-15-12-11-9(5-6-14-12)3-2-4-10(11)13(17)18/h2-6,8,16H,7H2,1H3,(H,14,15)(H,17,18). The van der Waals surface area contributed by atoms with Gasteiger partial charge in [-0.25, -0.2) is 9.78 Å². The number of hydrogen-bond acceptors (Lipinski definition) is 4. The number of aliphatic hydroxyl groups is 1. The van der Waals surface area contributed by atoms with Gasteiger partial charge >= 0.3 is 5.97 Å². The van der Waals surface area contributed by atoms with Gasteiger partial charge in [-0.1, -0.05) is 12.1 Å². The molecular weight excluding hydrogens is 232 g/mol. The average molecular weight is 246 g/mol. The molecule has 1 aromatic heterocycles. The van der Waals surface area contributed by atoms with E-state index in [9.17, 15) is 15.0 Å². The fraction of sp³-hybridized carbons (Fsp3) is 0.231. The van der Waals surface area contributed by atoms with Gasteiger partial charge in [-0.05, 0) is 24.4 Å². The molecule has 0 saturated carbocycles. The minimum absolute atomic E-state index is 0.202. The highest BCUT2D eigenvalue weighted by Gasteiger charge is 2.12. The fourth-order valence-electron chi connectivity index (χ4n) is 1.79. The summed E-state index contributed by atoms with van der Waals surface area (Å²) in [4.78, 5) is 15.3. The summed E-state index contributed by atoms with van der Waals surface area (Å²) in [5, 5.41) is 22.8. The number of benzene rings is 1. The number of carboxylic acid groups (broad SMARTS) is 1. The van der Waals surface area contributed by atoms with Gasteiger partial charge in [0.2, 0.25) is 0 Å². The molecule has 2 aromatic rings. The molecule has 1 atom stereocenters. The van der Waals surface area contributed by atoms with Crippen molar-refractivity contribution in [2.24, 2.45) is 0 Å². The summed E-state index contributed by atoms with van der Waals surface area (Å²) in [6.07, 6.45) is 1.08. The zero-order valence-corrected chi connectivity index (χ0v) is 9.92. The Morgan fingerprint density at radius 3 is 2.89 bits per heavy atom. The predicted molar refractivity (Wildman–Crippen MR) is 68.9 cm³/mol. The van der Waals surface area contributed by atoms with Crippen molar-refractivity contribution in [3.8, 4) is 0 Å². The number of hydrogen-bond donors (Lipinski definition) is 3. The Balaban J connectivity index is 2.55. The lowest BCUT2D eigenvalue weighted by atomic mass is 10.1. The van der Waals surface area contributed by atoms with Crippen LogP contribution >= 0.6 is 0 Å². The largest absolute Gasteiger partial charge is 0.478 e. The Labute approximate surface area is 104 Å². The minimum atomic E-state index is -0.992. The molecule has 0 aliphatic rings. The van der Waals surface area contributed by atoms with Gasteiger partial charge in [0.1, 0.15) is 5.82 Å². The molecule has 0 fully saturated rings. The van der Waals surface area contributed by atoms with Crippen LogP contribution in [0.1, 0.15) is 17.3 Å². The Bertz CT molecular complexity index is 576. The van der Waals surface area contributed by atoms with Crippen molar-refractivity contribution in [1.82, 2.24) is 4.98 Å². The first-order valence-electron chi connectivity index (χ1n) is 5.62. The fourth-order valence-corrected chi connectivity index (χ4v) is 1.79. The SMILES string of the molecule is CC(O)CNc1nccc2cccc(C(=O)O)c12. The molecule has 94 valence electrons. The van der Waals surface area contributed by atoms with Crippen LogP contribution in [0.15, 0.2) is 30.5 Å². The number of fused-ring (bicyclic) bond motifs is 1. The van der Waals surface area contributed by atoms with Crippen molar-refractivity contribution in [2.45, 2.75) is 13.0 Å². The van der Waals surface area contributed by atoms with Crippen LogP contribution in [0.5, 0.6) is 0 Å². The van der Waals surface area contributed by atoms with Gasteiger partial charge < -0.3 is 15.5 Å². The van der Waals surface area contributed by atoms with Gasteiger partial charge in [0, 0.05) is 18.1 Å². The maximum atomic E-state index is 11.2. The maximum Gasteiger partial charge on any atom is 0.336 e. The van der Waals surface area contributed by atoms with E-state index in [4.69, 9.17) is 0 Å². The second-order valence-electron chi connectivity index (χ2n) is 4.10. The molecule has 0 aliphatic heterocycles. The van der Waals surface area contributed by atoms with Crippen LogP contribution in [0.2, 0.25) is 0 Å². The monoisotopic (exact) mass is 246 g/mol. The molecular formula is C13H14N2O3. The molecule has 0 saturated heterocycles. The highest BCUT2D eigenvalue weighted by atomic mass is 16.4. The zero-order chi connectivity index (χ0) is 13.1. The Morgan fingerprint density at radius 1 is 1.44 bits per heavy atom. The summed E-state index contributed by atoms with van der Waals surface area (Å²) in [5.74, 6) is -0.514. The topological polar surface area (TPSA) is 82.5 Å². The first-order chi connectivity index (χ1) is 8.59. The summed E-state index contributed by atoms with van der Waals surface area (Å²) in [6, 6.07) is 6.83. The molecule has 1 heterocycles. The number of anilines is 1. The van der Waals surface area contributed by atoms with E-state index in [0.29, 0.717) is 17.7 Å². The van der Waals surface area contributed by atoms with Crippen LogP contribution in [-0.2, 0) is 0 Å². The van der Waals surface area contributed by atoms with Gasteiger partial charge in [-0.2, -0.15) is 0 Å². The molecule has 0 bridgehead atoms. The molecule has 5 nitrogen and oxygen atoms in total. The van der Waals surface area contributed by atoms with Gasteiger partial charge in [-0.15, -0.1) is 0 Å². The number of nitrogens with one attached hydrogen (secondary N) is 1. The summed E-state index contributed by atoms with van der Waals surface area (Å²) < 4.78 is 0. The Hall–Kier alpha value is -2.14. The third-order valence-electron chi connectivity index (χ3n) is 2.59. The lowest BCUT2D eigenvalue weighted by Gasteiger charge is -2.11. The van der Waals surface area contributed by atoms with Crippen LogP contribution in [0.4, 0.5) is 5.82 Å². The van der Waals surface area contributed by atoms with E-state index in [1.807, 2.05) is 6.07 Å². The van der Waals surface area contributed by atoms with E-state index in [-0.39, 0.29) is 5.56 Å². The maximum absolute atomic E-state index is 11.2. The van der Waals surface area contributed by atoms with E-state index in [2.05, 4.69) is 10.3 Å². The summed E-state index contributed by atoms with van der Waals surface area (Å²) in [5.41, 5.74) is 0.202. The van der Waals surface area contributed by atoms with E-state index < -0.39 is 12.1 Å². The number of aliphatic hydroxyl groups excluding tert-OH is 1. The first-order valence-corrected chi connectivity index (χ1v) is 5.62. The van der Waals surface area contributed by atoms with Gasteiger partial charge in [0.15, 0.2) is 0 Å². The normalized spacial score (nSPS) is 12.3. The number of aromatic carboxylic acids is 1. The lowest BCUT2D eigenvalue weighted by Crippen LogP contribution is -2.16. The third-order valence-corrected chi connectivity index (χ3v) is 2.59. The van der Waals surface area contributed by atoms with Gasteiger partial charge in [0.25, 0.3) is 0 Å². The molecule has 0 aliphatic carbocycles. The van der Waals surface area contributed by atoms with Crippen LogP contribution < -0.4 is 5.32 Å². The van der Waals surface area contributed by atoms with E-state index >= 15 is 0 Å². The van der Waals surface area contributed by atoms with Crippen molar-refractivity contribution >= 4 is 22.6 Å². The highest BCUT2D eigenvalue weighted by molar-refractivity contribution is 6.08. The van der Waals surface area contributed by atoms with Crippen molar-refractivity contribution in [3.05, 3.63) is 36.0 Å². The van der Waals surface area contributed by atoms with Crippen LogP contribution in [0, 0.1) is 0 Å². The third kappa shape index (κ3) is 2.41. The van der Waals surface area contributed by atoms with E-state index in [1.54, 1.807) is 31.3 Å². The molecule has 1 aromatic carbocycles. The van der Waals surface area contributed by atoms with Crippen LogP contribution in [0.25, 0.3) is 10.8 Å². The average Bonchev–Trinajstić information content (AvgIpc) is 2.35. The van der Waals surface area contributed by atoms with Gasteiger partial charge in [-0.3, -0.25) is 0 Å². The summed E-state index contributed by atoms with van der Waals surface area (Å²) >= 11 is 0. The quantitative estimate of drug-likeness (QED) is 0.765. The molecule has 18 heavy (non-hydrogen) atoms. The predicted octanol–water partition coefficient (Wildman–Crippen LogP) is 1.73. The van der Waals surface area contributed by atoms with Crippen LogP contribution in [0.3, 0.4) is 0 Å². The molecule has 1 unspecified atom stereocenters. The summed E-state index contributed by atoms with van der Waals surface area (Å²) in [7, 11) is 0. The van der Waals surface area contributed by atoms with Crippen molar-refractivity contribution < 1.29 is 15.0 Å². The number of nitrogens with zero attached hydrogens (tertiary/aromatic N) is 1. The zero-order valence-electron chi connectivity index (χ0n) is 9.92. The van der Waals surface area contributed by atoms with E-state index in [0.717, 1.165) is 5.39 Å². The number of aromatic nitrogens is 1. The Kier molecular flexibility index (Phi) is 3.43. The number of rotatable bonds is 4. The smallest absolute Gasteiger partial charge is 0.336 e. The van der Waals surface area contributed by atoms with E-state index in [1.165, 1.54) is 0 Å². The summed E-state index contributed by atoms with van der Waals surface area (Å²) in [6.45, 7) is 1.97. The number of pyridine rings is 1. The highest BCUT2D eigenvalue weighted by Crippen LogP contribution is 2.25. The molecule has 2 rings (SSSR count). The molecule has 0 radical (unpaired) electrons. The number of carboxylic acids is 1. The van der Waals surface area contributed by atoms with Crippen LogP contribution in [-0.4, -0.2) is 33.8 Å². The first kappa shape index (κ1) is 12.3. The Morgan fingerprint density at radius 2 is 2.22 bits per heavy atom.